The van der Waals surface area contributed by atoms with E-state index in [1.54, 1.807) is 55.6 Å². The van der Waals surface area contributed by atoms with Crippen molar-refractivity contribution < 1.29 is 19.1 Å². The molecular formula is C28H29Cl2N3O4. The van der Waals surface area contributed by atoms with Gasteiger partial charge in [0.15, 0.2) is 11.5 Å². The van der Waals surface area contributed by atoms with Crippen LogP contribution in [0.15, 0.2) is 71.8 Å². The molecule has 0 aliphatic carbocycles. The summed E-state index contributed by atoms with van der Waals surface area (Å²) in [5.41, 5.74) is 4.48. The zero-order valence-corrected chi connectivity index (χ0v) is 22.3. The molecule has 1 unspecified atom stereocenters. The number of nitrogens with zero attached hydrogens (tertiary/aromatic N) is 1. The number of rotatable bonds is 11. The summed E-state index contributed by atoms with van der Waals surface area (Å²) in [5.74, 6) is 0.450. The van der Waals surface area contributed by atoms with Crippen molar-refractivity contribution >= 4 is 41.2 Å². The Labute approximate surface area is 226 Å². The number of halogens is 2. The summed E-state index contributed by atoms with van der Waals surface area (Å²) < 4.78 is 11.3. The Morgan fingerprint density at radius 2 is 1.73 bits per heavy atom. The first kappa shape index (κ1) is 28.0. The van der Waals surface area contributed by atoms with E-state index < -0.39 is 11.9 Å². The molecule has 3 aromatic carbocycles. The second-order valence-electron chi connectivity index (χ2n) is 8.69. The number of carbonyl (C=O) groups excluding carboxylic acids is 2. The summed E-state index contributed by atoms with van der Waals surface area (Å²) in [6, 6.07) is 18.4. The summed E-state index contributed by atoms with van der Waals surface area (Å²) in [7, 11) is 1.54. The van der Waals surface area contributed by atoms with E-state index in [1.807, 2.05) is 32.0 Å². The maximum Gasteiger partial charge on any atom is 0.262 e. The highest BCUT2D eigenvalue weighted by Crippen LogP contribution is 2.29. The minimum absolute atomic E-state index is 0.174. The third-order valence-electron chi connectivity index (χ3n) is 5.35. The van der Waals surface area contributed by atoms with Crippen LogP contribution in [-0.4, -0.2) is 31.2 Å². The minimum atomic E-state index is -0.754. The second kappa shape index (κ2) is 13.7. The zero-order valence-electron chi connectivity index (χ0n) is 20.8. The first-order valence-electron chi connectivity index (χ1n) is 11.7. The average Bonchev–Trinajstić information content (AvgIpc) is 2.88. The van der Waals surface area contributed by atoms with Gasteiger partial charge in [0, 0.05) is 21.2 Å². The quantitative estimate of drug-likeness (QED) is 0.234. The van der Waals surface area contributed by atoms with Gasteiger partial charge in [-0.25, -0.2) is 5.43 Å². The fraction of sp³-hybridized carbons (Fsp3) is 0.250. The minimum Gasteiger partial charge on any atom is -0.493 e. The molecule has 194 valence electrons. The van der Waals surface area contributed by atoms with Gasteiger partial charge in [0.05, 0.1) is 13.3 Å². The van der Waals surface area contributed by atoms with Crippen LogP contribution in [0.3, 0.4) is 0 Å². The molecule has 0 aliphatic heterocycles. The van der Waals surface area contributed by atoms with E-state index in [2.05, 4.69) is 15.8 Å². The average molecular weight is 542 g/mol. The molecule has 2 N–H and O–H groups in total. The highest BCUT2D eigenvalue weighted by atomic mass is 35.5. The predicted molar refractivity (Wildman–Crippen MR) is 147 cm³/mol. The molecule has 0 radical (unpaired) electrons. The van der Waals surface area contributed by atoms with Crippen LogP contribution in [-0.2, 0) is 11.4 Å². The molecule has 37 heavy (non-hydrogen) atoms. The van der Waals surface area contributed by atoms with Gasteiger partial charge in [-0.15, -0.1) is 0 Å². The highest BCUT2D eigenvalue weighted by Gasteiger charge is 2.22. The Morgan fingerprint density at radius 3 is 2.41 bits per heavy atom. The van der Waals surface area contributed by atoms with Crippen LogP contribution >= 0.6 is 23.2 Å². The highest BCUT2D eigenvalue weighted by molar-refractivity contribution is 6.31. The lowest BCUT2D eigenvalue weighted by Gasteiger charge is -2.19. The maximum absolute atomic E-state index is 12.8. The first-order valence-corrected chi connectivity index (χ1v) is 12.5. The molecule has 9 heteroatoms. The van der Waals surface area contributed by atoms with Crippen LogP contribution in [0.5, 0.6) is 11.5 Å². The van der Waals surface area contributed by atoms with Crippen molar-refractivity contribution in [3.63, 3.8) is 0 Å². The van der Waals surface area contributed by atoms with Crippen molar-refractivity contribution in [3.05, 3.63) is 93.5 Å². The van der Waals surface area contributed by atoms with Gasteiger partial charge in [-0.2, -0.15) is 5.10 Å². The number of hydrazone groups is 1. The van der Waals surface area contributed by atoms with Crippen molar-refractivity contribution in [2.75, 3.05) is 7.11 Å². The second-order valence-corrected chi connectivity index (χ2v) is 9.53. The van der Waals surface area contributed by atoms with Crippen LogP contribution < -0.4 is 20.2 Å². The van der Waals surface area contributed by atoms with Gasteiger partial charge in [0.2, 0.25) is 0 Å². The Bertz CT molecular complexity index is 1250. The number of carbonyl (C=O) groups is 2. The number of hydrogen-bond donors (Lipinski definition) is 2. The van der Waals surface area contributed by atoms with Crippen LogP contribution in [0.2, 0.25) is 10.0 Å². The Balaban J connectivity index is 1.62. The van der Waals surface area contributed by atoms with E-state index in [0.717, 1.165) is 5.56 Å². The Morgan fingerprint density at radius 1 is 1.00 bits per heavy atom. The largest absolute Gasteiger partial charge is 0.493 e. The van der Waals surface area contributed by atoms with E-state index in [9.17, 15) is 9.59 Å². The molecule has 3 aromatic rings. The van der Waals surface area contributed by atoms with E-state index in [0.29, 0.717) is 45.7 Å². The van der Waals surface area contributed by atoms with Gasteiger partial charge >= 0.3 is 0 Å². The summed E-state index contributed by atoms with van der Waals surface area (Å²) in [6.07, 6.45) is 1.94. The number of ether oxygens (including phenoxy) is 2. The SMILES string of the molecule is COc1cc(/C=N/NC(=O)C(CC(C)C)NC(=O)c2ccc(Cl)cc2)ccc1OCc1ccccc1Cl. The van der Waals surface area contributed by atoms with E-state index in [1.165, 1.54) is 6.21 Å². The molecule has 2 amide bonds. The first-order chi connectivity index (χ1) is 17.8. The third-order valence-corrected chi connectivity index (χ3v) is 5.97. The summed E-state index contributed by atoms with van der Waals surface area (Å²) in [4.78, 5) is 25.4. The van der Waals surface area contributed by atoms with Crippen molar-refractivity contribution in [3.8, 4) is 11.5 Å². The van der Waals surface area contributed by atoms with Crippen molar-refractivity contribution in [1.29, 1.82) is 0 Å². The van der Waals surface area contributed by atoms with Crippen molar-refractivity contribution in [2.24, 2.45) is 11.0 Å². The number of methoxy groups -OCH3 is 1. The molecule has 7 nitrogen and oxygen atoms in total. The molecule has 3 rings (SSSR count). The summed E-state index contributed by atoms with van der Waals surface area (Å²) >= 11 is 12.1. The summed E-state index contributed by atoms with van der Waals surface area (Å²) in [5, 5.41) is 7.99. The predicted octanol–water partition coefficient (Wildman–Crippen LogP) is 5.88. The van der Waals surface area contributed by atoms with Crippen molar-refractivity contribution in [2.45, 2.75) is 32.9 Å². The van der Waals surface area contributed by atoms with Crippen LogP contribution in [0.1, 0.15) is 41.8 Å². The van der Waals surface area contributed by atoms with Crippen molar-refractivity contribution in [1.82, 2.24) is 10.7 Å². The molecule has 0 aliphatic rings. The molecule has 0 spiro atoms. The topological polar surface area (TPSA) is 89.0 Å². The molecule has 0 heterocycles. The molecule has 0 saturated carbocycles. The van der Waals surface area contributed by atoms with Gasteiger partial charge in [0.25, 0.3) is 11.8 Å². The van der Waals surface area contributed by atoms with Gasteiger partial charge < -0.3 is 14.8 Å². The number of hydrogen-bond acceptors (Lipinski definition) is 5. The number of nitrogens with one attached hydrogen (secondary N) is 2. The van der Waals surface area contributed by atoms with Gasteiger partial charge in [0.1, 0.15) is 12.6 Å². The zero-order chi connectivity index (χ0) is 26.8. The fourth-order valence-electron chi connectivity index (χ4n) is 3.45. The van der Waals surface area contributed by atoms with E-state index in [-0.39, 0.29) is 11.8 Å². The maximum atomic E-state index is 12.8. The van der Waals surface area contributed by atoms with Gasteiger partial charge in [-0.05, 0) is 66.4 Å². The Kier molecular flexibility index (Phi) is 10.4. The lowest BCUT2D eigenvalue weighted by atomic mass is 10.0. The molecule has 0 saturated heterocycles. The lowest BCUT2D eigenvalue weighted by molar-refractivity contribution is -0.123. The molecular weight excluding hydrogens is 513 g/mol. The lowest BCUT2D eigenvalue weighted by Crippen LogP contribution is -2.46. The molecule has 1 atom stereocenters. The number of benzene rings is 3. The standard InChI is InChI=1S/C28H29Cl2N3O4/c1-18(2)14-24(32-27(34)20-9-11-22(29)12-10-20)28(35)33-31-16-19-8-13-25(26(15-19)36-3)37-17-21-6-4-5-7-23(21)30/h4-13,15-16,18,24H,14,17H2,1-3H3,(H,32,34)(H,33,35)/b31-16+. The molecule has 0 fully saturated rings. The van der Waals surface area contributed by atoms with Crippen LogP contribution in [0.4, 0.5) is 0 Å². The van der Waals surface area contributed by atoms with Gasteiger partial charge in [-0.3, -0.25) is 9.59 Å². The normalized spacial score (nSPS) is 11.8. The van der Waals surface area contributed by atoms with E-state index in [4.69, 9.17) is 32.7 Å². The van der Waals surface area contributed by atoms with E-state index >= 15 is 0 Å². The molecule has 0 bridgehead atoms. The van der Waals surface area contributed by atoms with Crippen LogP contribution in [0, 0.1) is 5.92 Å². The van der Waals surface area contributed by atoms with Gasteiger partial charge in [-0.1, -0.05) is 55.2 Å². The fourth-order valence-corrected chi connectivity index (χ4v) is 3.77. The third kappa shape index (κ3) is 8.51. The Hall–Kier alpha value is -3.55. The summed E-state index contributed by atoms with van der Waals surface area (Å²) in [6.45, 7) is 4.23. The monoisotopic (exact) mass is 541 g/mol. The number of amides is 2. The molecule has 0 aromatic heterocycles. The van der Waals surface area contributed by atoms with Crippen LogP contribution in [0.25, 0.3) is 0 Å². The smallest absolute Gasteiger partial charge is 0.262 e.